The van der Waals surface area contributed by atoms with Gasteiger partial charge in [-0.05, 0) is 37.3 Å². The number of methoxy groups -OCH3 is 1. The van der Waals surface area contributed by atoms with E-state index in [4.69, 9.17) is 4.74 Å². The van der Waals surface area contributed by atoms with Crippen molar-refractivity contribution < 1.29 is 26.6 Å². The molecule has 0 N–H and O–H groups in total. The van der Waals surface area contributed by atoms with Gasteiger partial charge in [0, 0.05) is 25.7 Å². The lowest BCUT2D eigenvalue weighted by molar-refractivity contribution is -0.000950. The number of hydrogen-bond acceptors (Lipinski definition) is 9. The van der Waals surface area contributed by atoms with Crippen LogP contribution in [0.4, 0.5) is 36.3 Å². The first-order valence-electron chi connectivity index (χ1n) is 10.4. The summed E-state index contributed by atoms with van der Waals surface area (Å²) in [6, 6.07) is 2.76. The smallest absolute Gasteiger partial charge is 0.345 e. The van der Waals surface area contributed by atoms with Crippen molar-refractivity contribution in [3.63, 3.8) is 0 Å². The molecular formula is C19H28F3N7O3S. The molecule has 0 spiro atoms. The Labute approximate surface area is 191 Å². The van der Waals surface area contributed by atoms with E-state index < -0.39 is 15.8 Å². The molecule has 10 nitrogen and oxygen atoms in total. The van der Waals surface area contributed by atoms with E-state index in [0.29, 0.717) is 36.9 Å². The van der Waals surface area contributed by atoms with Crippen molar-refractivity contribution in [1.29, 1.82) is 0 Å². The maximum atomic E-state index is 13.3. The molecule has 0 aliphatic carbocycles. The summed E-state index contributed by atoms with van der Waals surface area (Å²) in [6.45, 7) is 9.20. The Kier molecular flexibility index (Phi) is 9.58. The molecule has 14 heteroatoms. The van der Waals surface area contributed by atoms with Crippen molar-refractivity contribution in [3.8, 4) is 5.75 Å². The van der Waals surface area contributed by atoms with Crippen molar-refractivity contribution in [2.75, 3.05) is 25.1 Å². The monoisotopic (exact) mass is 491 g/mol. The summed E-state index contributed by atoms with van der Waals surface area (Å²) in [5, 5.41) is 12.2. The Morgan fingerprint density at radius 3 is 2.33 bits per heavy atom. The van der Waals surface area contributed by atoms with E-state index in [1.54, 1.807) is 6.92 Å². The van der Waals surface area contributed by atoms with Gasteiger partial charge < -0.3 is 9.64 Å². The fourth-order valence-electron chi connectivity index (χ4n) is 3.05. The number of halogens is 3. The highest BCUT2D eigenvalue weighted by Gasteiger charge is 2.26. The number of anilines is 1. The second kappa shape index (κ2) is 11.9. The number of hydrogen-bond donors (Lipinski definition) is 0. The highest BCUT2D eigenvalue weighted by atomic mass is 32.2. The Morgan fingerprint density at radius 2 is 1.82 bits per heavy atom. The van der Waals surface area contributed by atoms with Crippen LogP contribution in [0.1, 0.15) is 39.4 Å². The molecule has 1 atom stereocenters. The summed E-state index contributed by atoms with van der Waals surface area (Å²) >= 11 is 0. The van der Waals surface area contributed by atoms with Gasteiger partial charge in [0.05, 0.1) is 12.8 Å². The van der Waals surface area contributed by atoms with Crippen LogP contribution in [0.15, 0.2) is 26.7 Å². The van der Waals surface area contributed by atoms with E-state index in [2.05, 4.69) is 29.1 Å². The number of benzene rings is 1. The van der Waals surface area contributed by atoms with Gasteiger partial charge in [-0.25, -0.2) is 8.89 Å². The van der Waals surface area contributed by atoms with Crippen LogP contribution < -0.4 is 9.64 Å². The maximum absolute atomic E-state index is 13.3. The number of aromatic nitrogens is 3. The molecule has 0 saturated heterocycles. The molecule has 1 heterocycles. The van der Waals surface area contributed by atoms with Crippen LogP contribution >= 0.6 is 0 Å². The minimum Gasteiger partial charge on any atom is -0.494 e. The first kappa shape index (κ1) is 26.5. The number of ether oxygens (including phenoxy) is 1. The first-order chi connectivity index (χ1) is 15.7. The minimum absolute atomic E-state index is 0.0859. The molecule has 2 aromatic rings. The van der Waals surface area contributed by atoms with Crippen LogP contribution in [-0.4, -0.2) is 44.9 Å². The van der Waals surface area contributed by atoms with Gasteiger partial charge in [0.2, 0.25) is 0 Å². The fourth-order valence-corrected chi connectivity index (χ4v) is 3.63. The summed E-state index contributed by atoms with van der Waals surface area (Å²) in [5.74, 6) is -2.70. The summed E-state index contributed by atoms with van der Waals surface area (Å²) < 4.78 is 65.0. The zero-order valence-corrected chi connectivity index (χ0v) is 20.0. The molecule has 184 valence electrons. The van der Waals surface area contributed by atoms with E-state index in [0.717, 1.165) is 12.8 Å². The Hall–Kier alpha value is -2.74. The lowest BCUT2D eigenvalue weighted by Crippen LogP contribution is -2.25. The second-order valence-electron chi connectivity index (χ2n) is 6.90. The van der Waals surface area contributed by atoms with Gasteiger partial charge in [-0.15, -0.1) is 10.2 Å². The predicted molar refractivity (Wildman–Crippen MR) is 119 cm³/mol. The zero-order chi connectivity index (χ0) is 24.6. The summed E-state index contributed by atoms with van der Waals surface area (Å²) in [5.41, 5.74) is 0.118. The van der Waals surface area contributed by atoms with Gasteiger partial charge >= 0.3 is 5.76 Å². The van der Waals surface area contributed by atoms with Gasteiger partial charge in [-0.2, -0.15) is 23.2 Å². The molecule has 0 bridgehead atoms. The second-order valence-corrected chi connectivity index (χ2v) is 8.60. The van der Waals surface area contributed by atoms with Crippen LogP contribution in [0.25, 0.3) is 0 Å². The lowest BCUT2D eigenvalue weighted by atomic mass is 10.2. The third-order valence-electron chi connectivity index (χ3n) is 4.45. The normalized spacial score (nSPS) is 13.5. The molecule has 1 unspecified atom stereocenters. The quantitative estimate of drug-likeness (QED) is 0.348. The Balaban J connectivity index is 2.74. The standard InChI is InChI=1S/C19H28F3N7O3S/c1-6-9-28(10-7-2)16-11-15(27-33(30,32-22)18(20)21)14(12-17(16)31-5)24-25-19-23-13(4)26-29(19)8-3/h11-12,18H,6-10H2,1-5H3. The highest BCUT2D eigenvalue weighted by molar-refractivity contribution is 7.89. The summed E-state index contributed by atoms with van der Waals surface area (Å²) in [7, 11) is -3.53. The van der Waals surface area contributed by atoms with Gasteiger partial charge in [0.1, 0.15) is 22.9 Å². The number of alkyl halides is 2. The van der Waals surface area contributed by atoms with Crippen LogP contribution in [0.3, 0.4) is 0 Å². The van der Waals surface area contributed by atoms with Crippen molar-refractivity contribution in [2.24, 2.45) is 14.6 Å². The van der Waals surface area contributed by atoms with Gasteiger partial charge in [0.15, 0.2) is 0 Å². The number of rotatable bonds is 12. The molecule has 0 aliphatic rings. The molecule has 0 amide bonds. The fraction of sp³-hybridized carbons (Fsp3) is 0.579. The summed E-state index contributed by atoms with van der Waals surface area (Å²) in [6.07, 6.45) is 1.59. The van der Waals surface area contributed by atoms with Gasteiger partial charge in [0.25, 0.3) is 16.0 Å². The van der Waals surface area contributed by atoms with E-state index in [-0.39, 0.29) is 17.3 Å². The molecule has 0 radical (unpaired) electrons. The first-order valence-corrected chi connectivity index (χ1v) is 11.9. The van der Waals surface area contributed by atoms with E-state index in [1.807, 2.05) is 25.7 Å². The summed E-state index contributed by atoms with van der Waals surface area (Å²) in [4.78, 5) is 6.10. The van der Waals surface area contributed by atoms with E-state index >= 15 is 0 Å². The van der Waals surface area contributed by atoms with Gasteiger partial charge in [-0.1, -0.05) is 18.2 Å². The van der Waals surface area contributed by atoms with Crippen molar-refractivity contribution >= 4 is 33.0 Å². The van der Waals surface area contributed by atoms with Gasteiger partial charge in [-0.3, -0.25) is 0 Å². The molecule has 33 heavy (non-hydrogen) atoms. The number of azo groups is 1. The third kappa shape index (κ3) is 6.41. The zero-order valence-electron chi connectivity index (χ0n) is 19.2. The predicted octanol–water partition coefficient (Wildman–Crippen LogP) is 5.80. The number of nitrogens with zero attached hydrogens (tertiary/aromatic N) is 7. The highest BCUT2D eigenvalue weighted by Crippen LogP contribution is 2.42. The molecule has 2 rings (SSSR count). The molecule has 0 saturated carbocycles. The van der Waals surface area contributed by atoms with E-state index in [1.165, 1.54) is 23.9 Å². The number of aryl methyl sites for hydroxylation is 2. The molecule has 1 aromatic heterocycles. The molecule has 0 fully saturated rings. The maximum Gasteiger partial charge on any atom is 0.345 e. The third-order valence-corrected chi connectivity index (χ3v) is 5.53. The van der Waals surface area contributed by atoms with Crippen molar-refractivity contribution in [3.05, 3.63) is 18.0 Å². The largest absolute Gasteiger partial charge is 0.494 e. The average molecular weight is 492 g/mol. The van der Waals surface area contributed by atoms with Crippen molar-refractivity contribution in [2.45, 2.75) is 52.8 Å². The van der Waals surface area contributed by atoms with E-state index in [9.17, 15) is 17.5 Å². The topological polar surface area (TPSA) is 107 Å². The van der Waals surface area contributed by atoms with Crippen LogP contribution in [0.5, 0.6) is 5.75 Å². The van der Waals surface area contributed by atoms with Crippen LogP contribution in [0, 0.1) is 6.92 Å². The SMILES string of the molecule is CCCN(CCC)c1cc(N=S(=O)(OF)C(F)F)c(N=Nc2nc(C)nn2CC)cc1OC. The average Bonchev–Trinajstić information content (AvgIpc) is 3.17. The molecule has 1 aromatic carbocycles. The Bertz CT molecular complexity index is 1080. The minimum atomic E-state index is -4.97. The van der Waals surface area contributed by atoms with Crippen LogP contribution in [-0.2, 0) is 20.9 Å². The van der Waals surface area contributed by atoms with Crippen LogP contribution in [0.2, 0.25) is 0 Å². The van der Waals surface area contributed by atoms with Crippen molar-refractivity contribution in [1.82, 2.24) is 14.8 Å². The lowest BCUT2D eigenvalue weighted by Gasteiger charge is -2.26. The Morgan fingerprint density at radius 1 is 1.15 bits per heavy atom. The molecular weight excluding hydrogens is 463 g/mol. The molecule has 0 aliphatic heterocycles.